The fourth-order valence-corrected chi connectivity index (χ4v) is 3.88. The van der Waals surface area contributed by atoms with E-state index in [4.69, 9.17) is 9.47 Å². The topological polar surface area (TPSA) is 78.3 Å². The van der Waals surface area contributed by atoms with Gasteiger partial charge in [-0.1, -0.05) is 43.5 Å². The van der Waals surface area contributed by atoms with Crippen LogP contribution in [0.25, 0.3) is 0 Å². The largest absolute Gasteiger partial charge is 0.491 e. The van der Waals surface area contributed by atoms with Crippen LogP contribution >= 0.6 is 11.8 Å². The molecule has 1 N–H and O–H groups in total. The average Bonchev–Trinajstić information content (AvgIpc) is 3.11. The molecule has 0 radical (unpaired) electrons. The zero-order valence-electron chi connectivity index (χ0n) is 17.8. The van der Waals surface area contributed by atoms with Crippen LogP contribution in [0.2, 0.25) is 0 Å². The number of benzene rings is 1. The highest BCUT2D eigenvalue weighted by Crippen LogP contribution is 2.37. The van der Waals surface area contributed by atoms with Crippen LogP contribution in [0.4, 0.5) is 5.95 Å². The van der Waals surface area contributed by atoms with Gasteiger partial charge in [-0.3, -0.25) is 0 Å². The lowest BCUT2D eigenvalue weighted by Crippen LogP contribution is -2.29. The molecule has 0 bridgehead atoms. The average molecular weight is 429 g/mol. The van der Waals surface area contributed by atoms with Gasteiger partial charge in [-0.05, 0) is 44.9 Å². The maximum absolute atomic E-state index is 12.9. The summed E-state index contributed by atoms with van der Waals surface area (Å²) in [5, 5.41) is 8.57. The fraction of sp³-hybridized carbons (Fsp3) is 0.409. The molecule has 1 aliphatic heterocycles. The van der Waals surface area contributed by atoms with E-state index in [0.717, 1.165) is 23.5 Å². The zero-order chi connectivity index (χ0) is 21.7. The Kier molecular flexibility index (Phi) is 7.20. The summed E-state index contributed by atoms with van der Waals surface area (Å²) in [7, 11) is 0. The molecule has 1 aromatic heterocycles. The molecule has 30 heavy (non-hydrogen) atoms. The molecule has 8 heteroatoms. The Balaban J connectivity index is 2.07. The number of hydrogen-bond acceptors (Lipinski definition) is 7. The number of carbonyl (C=O) groups is 1. The van der Waals surface area contributed by atoms with E-state index in [-0.39, 0.29) is 12.7 Å². The molecule has 160 valence electrons. The van der Waals surface area contributed by atoms with Crippen LogP contribution < -0.4 is 10.1 Å². The Hall–Kier alpha value is -2.74. The first kappa shape index (κ1) is 22.0. The molecule has 1 atom stereocenters. The minimum Gasteiger partial charge on any atom is -0.491 e. The van der Waals surface area contributed by atoms with Gasteiger partial charge in [0.25, 0.3) is 0 Å². The summed E-state index contributed by atoms with van der Waals surface area (Å²) in [4.78, 5) is 17.5. The highest BCUT2D eigenvalue weighted by molar-refractivity contribution is 7.99. The van der Waals surface area contributed by atoms with Crippen molar-refractivity contribution < 1.29 is 14.3 Å². The number of aromatic nitrogens is 3. The molecule has 2 aromatic rings. The number of hydrogen-bond donors (Lipinski definition) is 1. The summed E-state index contributed by atoms with van der Waals surface area (Å²) in [6, 6.07) is 7.25. The fourth-order valence-electron chi connectivity index (χ4n) is 3.20. The highest BCUT2D eigenvalue weighted by atomic mass is 32.2. The Morgan fingerprint density at radius 2 is 2.23 bits per heavy atom. The second-order valence-corrected chi connectivity index (χ2v) is 8.27. The van der Waals surface area contributed by atoms with Crippen molar-refractivity contribution in [3.8, 4) is 5.75 Å². The lowest BCUT2D eigenvalue weighted by Gasteiger charge is -2.28. The van der Waals surface area contributed by atoms with Gasteiger partial charge in [0.1, 0.15) is 18.4 Å². The van der Waals surface area contributed by atoms with Crippen LogP contribution in [0.1, 0.15) is 45.7 Å². The summed E-state index contributed by atoms with van der Waals surface area (Å²) < 4.78 is 13.0. The molecule has 0 aliphatic carbocycles. The van der Waals surface area contributed by atoms with Crippen LogP contribution in [0, 0.1) is 0 Å². The Morgan fingerprint density at radius 3 is 2.93 bits per heavy atom. The van der Waals surface area contributed by atoms with E-state index in [1.54, 1.807) is 22.5 Å². The predicted octanol–water partition coefficient (Wildman–Crippen LogP) is 4.59. The smallest absolute Gasteiger partial charge is 0.338 e. The minimum atomic E-state index is -0.474. The van der Waals surface area contributed by atoms with Crippen molar-refractivity contribution >= 4 is 23.7 Å². The number of nitrogens with zero attached hydrogens (tertiary/aromatic N) is 3. The van der Waals surface area contributed by atoms with Gasteiger partial charge in [0.15, 0.2) is 0 Å². The Morgan fingerprint density at radius 1 is 1.43 bits per heavy atom. The maximum atomic E-state index is 12.9. The lowest BCUT2D eigenvalue weighted by molar-refractivity contribution is -0.138. The van der Waals surface area contributed by atoms with Gasteiger partial charge >= 0.3 is 5.97 Å². The van der Waals surface area contributed by atoms with Crippen molar-refractivity contribution in [2.75, 3.05) is 17.7 Å². The van der Waals surface area contributed by atoms with E-state index in [2.05, 4.69) is 28.9 Å². The molecule has 1 aromatic carbocycles. The van der Waals surface area contributed by atoms with E-state index in [0.29, 0.717) is 22.4 Å². The summed E-state index contributed by atoms with van der Waals surface area (Å²) in [5.41, 5.74) is 2.05. The lowest BCUT2D eigenvalue weighted by atomic mass is 9.95. The Labute approximate surface area is 181 Å². The molecule has 0 spiro atoms. The van der Waals surface area contributed by atoms with Gasteiger partial charge in [-0.25, -0.2) is 9.48 Å². The van der Waals surface area contributed by atoms with Crippen LogP contribution in [0.3, 0.4) is 0 Å². The van der Waals surface area contributed by atoms with Crippen LogP contribution in [0.5, 0.6) is 5.75 Å². The van der Waals surface area contributed by atoms with Crippen molar-refractivity contribution in [2.24, 2.45) is 0 Å². The summed E-state index contributed by atoms with van der Waals surface area (Å²) in [6.07, 6.45) is 2.62. The van der Waals surface area contributed by atoms with Crippen molar-refractivity contribution in [3.05, 3.63) is 53.8 Å². The number of ether oxygens (including phenoxy) is 2. The highest BCUT2D eigenvalue weighted by Gasteiger charge is 2.35. The third-order valence-electron chi connectivity index (χ3n) is 4.37. The van der Waals surface area contributed by atoms with Crippen LogP contribution in [0.15, 0.2) is 53.3 Å². The third kappa shape index (κ3) is 4.87. The van der Waals surface area contributed by atoms with Crippen LogP contribution in [-0.2, 0) is 9.53 Å². The van der Waals surface area contributed by atoms with Crippen molar-refractivity contribution in [2.45, 2.75) is 51.4 Å². The first-order chi connectivity index (χ1) is 14.4. The Bertz CT molecular complexity index is 952. The summed E-state index contributed by atoms with van der Waals surface area (Å²) >= 11 is 1.59. The number of esters is 1. The van der Waals surface area contributed by atoms with E-state index >= 15 is 0 Å². The maximum Gasteiger partial charge on any atom is 0.338 e. The van der Waals surface area contributed by atoms with Crippen LogP contribution in [-0.4, -0.2) is 39.2 Å². The number of allylic oxidation sites excluding steroid dienone is 1. The first-order valence-corrected chi connectivity index (χ1v) is 11.0. The molecule has 1 aliphatic rings. The molecule has 0 fully saturated rings. The predicted molar refractivity (Wildman–Crippen MR) is 119 cm³/mol. The summed E-state index contributed by atoms with van der Waals surface area (Å²) in [6.45, 7) is 11.7. The van der Waals surface area contributed by atoms with E-state index < -0.39 is 12.0 Å². The number of carbonyl (C=O) groups excluding carboxylic acids is 1. The zero-order valence-corrected chi connectivity index (χ0v) is 18.7. The number of fused-ring (bicyclic) bond motifs is 1. The monoisotopic (exact) mass is 428 g/mol. The van der Waals surface area contributed by atoms with Gasteiger partial charge in [0.05, 0.1) is 11.7 Å². The van der Waals surface area contributed by atoms with Gasteiger partial charge < -0.3 is 14.8 Å². The van der Waals surface area contributed by atoms with E-state index in [1.807, 2.05) is 45.0 Å². The number of rotatable bonds is 9. The third-order valence-corrected chi connectivity index (χ3v) is 5.41. The molecular weight excluding hydrogens is 400 g/mol. The minimum absolute atomic E-state index is 0.0431. The van der Waals surface area contributed by atoms with Crippen molar-refractivity contribution in [1.82, 2.24) is 14.8 Å². The van der Waals surface area contributed by atoms with E-state index in [9.17, 15) is 4.79 Å². The van der Waals surface area contributed by atoms with Crippen molar-refractivity contribution in [3.63, 3.8) is 0 Å². The van der Waals surface area contributed by atoms with Gasteiger partial charge in [-0.15, -0.1) is 5.10 Å². The van der Waals surface area contributed by atoms with E-state index in [1.165, 1.54) is 0 Å². The second kappa shape index (κ2) is 9.84. The standard InChI is InChI=1S/C22H28N4O3S/c1-6-11-28-20(27)18-15(5)23-21-24-22(30-12-7-2)25-26(21)19(18)16-9-8-10-17(13-16)29-14(3)4/h6,8-10,13-14,19H,1,7,11-12H2,2-5H3,(H,23,24,25). The molecule has 7 nitrogen and oxygen atoms in total. The molecular formula is C22H28N4O3S. The normalized spacial score (nSPS) is 15.6. The first-order valence-electron chi connectivity index (χ1n) is 10.1. The van der Waals surface area contributed by atoms with Crippen molar-refractivity contribution in [1.29, 1.82) is 0 Å². The number of thioether (sulfide) groups is 1. The van der Waals surface area contributed by atoms with Gasteiger partial charge in [0.2, 0.25) is 11.1 Å². The quantitative estimate of drug-likeness (QED) is 0.356. The molecule has 3 rings (SSSR count). The molecule has 0 amide bonds. The molecule has 0 saturated carbocycles. The van der Waals surface area contributed by atoms with Gasteiger partial charge in [0, 0.05) is 11.4 Å². The molecule has 0 saturated heterocycles. The molecule has 1 unspecified atom stereocenters. The number of anilines is 1. The number of nitrogens with one attached hydrogen (secondary N) is 1. The SMILES string of the molecule is C=CCOC(=O)C1=C(C)Nc2nc(SCCC)nn2C1c1cccc(OC(C)C)c1. The second-order valence-electron chi connectivity index (χ2n) is 7.20. The summed E-state index contributed by atoms with van der Waals surface area (Å²) in [5.74, 6) is 1.85. The van der Waals surface area contributed by atoms with Gasteiger partial charge in [-0.2, -0.15) is 4.98 Å². The molecule has 2 heterocycles.